The molecule has 0 fully saturated rings. The maximum absolute atomic E-state index is 6.82. The van der Waals surface area contributed by atoms with Gasteiger partial charge in [-0.25, -0.2) is 0 Å². The van der Waals surface area contributed by atoms with E-state index in [-0.39, 0.29) is 0 Å². The monoisotopic (exact) mass is 715 g/mol. The highest BCUT2D eigenvalue weighted by molar-refractivity contribution is 6.07. The lowest BCUT2D eigenvalue weighted by Crippen LogP contribution is -2.32. The second kappa shape index (κ2) is 11.8. The third-order valence-electron chi connectivity index (χ3n) is 11.9. The summed E-state index contributed by atoms with van der Waals surface area (Å²) >= 11 is 0. The Balaban J connectivity index is 1.16. The van der Waals surface area contributed by atoms with Gasteiger partial charge in [-0.05, 0) is 105 Å². The molecule has 0 saturated carbocycles. The molecule has 2 aliphatic rings. The highest BCUT2D eigenvalue weighted by Gasteiger charge is 2.52. The lowest BCUT2D eigenvalue weighted by atomic mass is 9.65. The maximum atomic E-state index is 6.82. The largest absolute Gasteiger partial charge is 0.457 e. The van der Waals surface area contributed by atoms with E-state index in [1.54, 1.807) is 0 Å². The zero-order chi connectivity index (χ0) is 36.8. The van der Waals surface area contributed by atoms with E-state index >= 15 is 0 Å². The van der Waals surface area contributed by atoms with Gasteiger partial charge in [0.05, 0.1) is 5.41 Å². The van der Waals surface area contributed by atoms with E-state index in [0.29, 0.717) is 0 Å². The maximum Gasteiger partial charge on any atom is 0.135 e. The van der Waals surface area contributed by atoms with Crippen molar-refractivity contribution in [3.63, 3.8) is 0 Å². The number of ether oxygens (including phenoxy) is 1. The topological polar surface area (TPSA) is 25.6 Å². The van der Waals surface area contributed by atoms with E-state index in [9.17, 15) is 0 Å². The smallest absolute Gasteiger partial charge is 0.135 e. The van der Waals surface area contributed by atoms with E-state index in [0.717, 1.165) is 61.6 Å². The first-order chi connectivity index (χ1) is 27.8. The second-order valence-electron chi connectivity index (χ2n) is 14.8. The van der Waals surface area contributed by atoms with Gasteiger partial charge in [0, 0.05) is 39.0 Å². The summed E-state index contributed by atoms with van der Waals surface area (Å²) in [7, 11) is 0. The summed E-state index contributed by atoms with van der Waals surface area (Å²) in [4.78, 5) is 2.40. The van der Waals surface area contributed by atoms with Gasteiger partial charge in [-0.15, -0.1) is 0 Å². The first kappa shape index (κ1) is 31.0. The van der Waals surface area contributed by atoms with Crippen molar-refractivity contribution >= 4 is 49.8 Å². The van der Waals surface area contributed by atoms with E-state index in [1.807, 2.05) is 12.1 Å². The van der Waals surface area contributed by atoms with Gasteiger partial charge in [-0.1, -0.05) is 140 Å². The second-order valence-corrected chi connectivity index (χ2v) is 14.8. The molecule has 0 N–H and O–H groups in total. The molecule has 1 aromatic heterocycles. The first-order valence-corrected chi connectivity index (χ1v) is 19.2. The summed E-state index contributed by atoms with van der Waals surface area (Å²) in [6.45, 7) is 0. The van der Waals surface area contributed by atoms with Crippen LogP contribution in [0.2, 0.25) is 0 Å². The third kappa shape index (κ3) is 4.34. The predicted octanol–water partition coefficient (Wildman–Crippen LogP) is 14.3. The van der Waals surface area contributed by atoms with Gasteiger partial charge in [0.25, 0.3) is 0 Å². The van der Waals surface area contributed by atoms with Crippen LogP contribution in [0.5, 0.6) is 11.5 Å². The Morgan fingerprint density at radius 3 is 1.98 bits per heavy atom. The molecule has 1 unspecified atom stereocenters. The van der Waals surface area contributed by atoms with E-state index in [2.05, 4.69) is 193 Å². The molecule has 56 heavy (non-hydrogen) atoms. The number of benzene rings is 9. The minimum absolute atomic E-state index is 0.630. The van der Waals surface area contributed by atoms with Crippen LogP contribution < -0.4 is 9.64 Å². The number of hydrogen-bond acceptors (Lipinski definition) is 3. The standard InChI is InChI=1S/C53H33NO2/c1-2-13-34(14-3-1)36-16-12-17-37(31-36)54(38-27-30-49-44(32-38)43-20-7-10-23-48(43)55-49)39-26-28-42-41-19-6-8-21-45(41)53(47(42)33-39)46-22-9-11-24-50(46)56-51-29-25-35-15-4-5-18-40(35)52(51)53/h1-33H. The Kier molecular flexibility index (Phi) is 6.55. The molecule has 1 atom stereocenters. The van der Waals surface area contributed by atoms with Crippen LogP contribution in [0.15, 0.2) is 205 Å². The zero-order valence-electron chi connectivity index (χ0n) is 30.3. The fraction of sp³-hybridized carbons (Fsp3) is 0.0189. The predicted molar refractivity (Wildman–Crippen MR) is 229 cm³/mol. The van der Waals surface area contributed by atoms with Crippen LogP contribution in [0, 0.1) is 0 Å². The summed E-state index contributed by atoms with van der Waals surface area (Å²) in [6.07, 6.45) is 0. The summed E-state index contributed by atoms with van der Waals surface area (Å²) in [5.41, 5.74) is 14.0. The Morgan fingerprint density at radius 1 is 0.375 bits per heavy atom. The van der Waals surface area contributed by atoms with Crippen molar-refractivity contribution in [1.82, 2.24) is 0 Å². The van der Waals surface area contributed by atoms with Crippen LogP contribution in [0.4, 0.5) is 17.1 Å². The van der Waals surface area contributed by atoms with E-state index in [1.165, 1.54) is 44.2 Å². The molecule has 3 heteroatoms. The first-order valence-electron chi connectivity index (χ1n) is 19.2. The molecule has 1 aliphatic carbocycles. The van der Waals surface area contributed by atoms with Crippen molar-refractivity contribution in [3.05, 3.63) is 222 Å². The van der Waals surface area contributed by atoms with Gasteiger partial charge in [0.2, 0.25) is 0 Å². The van der Waals surface area contributed by atoms with Gasteiger partial charge in [-0.3, -0.25) is 0 Å². The fourth-order valence-corrected chi connectivity index (χ4v) is 9.56. The number of fused-ring (bicyclic) bond motifs is 14. The van der Waals surface area contributed by atoms with Gasteiger partial charge in [-0.2, -0.15) is 0 Å². The fourth-order valence-electron chi connectivity index (χ4n) is 9.56. The summed E-state index contributed by atoms with van der Waals surface area (Å²) in [5, 5.41) is 4.58. The third-order valence-corrected chi connectivity index (χ3v) is 11.9. The number of rotatable bonds is 4. The van der Waals surface area contributed by atoms with Crippen molar-refractivity contribution < 1.29 is 9.15 Å². The Labute approximate surface area is 324 Å². The molecule has 10 aromatic rings. The van der Waals surface area contributed by atoms with Crippen molar-refractivity contribution in [2.24, 2.45) is 0 Å². The Hall–Kier alpha value is -7.36. The van der Waals surface area contributed by atoms with Gasteiger partial charge in [0.15, 0.2) is 0 Å². The van der Waals surface area contributed by atoms with Crippen LogP contribution in [0.3, 0.4) is 0 Å². The molecule has 0 bridgehead atoms. The molecular formula is C53H33NO2. The van der Waals surface area contributed by atoms with Crippen LogP contribution >= 0.6 is 0 Å². The van der Waals surface area contributed by atoms with Gasteiger partial charge >= 0.3 is 0 Å². The lowest BCUT2D eigenvalue weighted by molar-refractivity contribution is 0.438. The molecule has 0 radical (unpaired) electrons. The van der Waals surface area contributed by atoms with Crippen LogP contribution in [0.1, 0.15) is 22.3 Å². The average Bonchev–Trinajstić information content (AvgIpc) is 3.77. The lowest BCUT2D eigenvalue weighted by Gasteiger charge is -2.40. The minimum Gasteiger partial charge on any atom is -0.457 e. The number of para-hydroxylation sites is 2. The highest BCUT2D eigenvalue weighted by Crippen LogP contribution is 2.64. The van der Waals surface area contributed by atoms with Crippen molar-refractivity contribution in [2.45, 2.75) is 5.41 Å². The molecule has 2 heterocycles. The molecular weight excluding hydrogens is 683 g/mol. The molecule has 12 rings (SSSR count). The molecule has 3 nitrogen and oxygen atoms in total. The summed E-state index contributed by atoms with van der Waals surface area (Å²) < 4.78 is 13.1. The van der Waals surface area contributed by atoms with Crippen LogP contribution in [-0.2, 0) is 5.41 Å². The minimum atomic E-state index is -0.630. The molecule has 262 valence electrons. The van der Waals surface area contributed by atoms with Crippen molar-refractivity contribution in [1.29, 1.82) is 0 Å². The normalized spacial score (nSPS) is 15.0. The molecule has 9 aromatic carbocycles. The summed E-state index contributed by atoms with van der Waals surface area (Å²) in [6, 6.07) is 72.1. The van der Waals surface area contributed by atoms with Gasteiger partial charge < -0.3 is 14.1 Å². The van der Waals surface area contributed by atoms with Crippen molar-refractivity contribution in [2.75, 3.05) is 4.90 Å². The SMILES string of the molecule is c1ccc(-c2cccc(N(c3ccc4c(c3)C3(c5ccccc5Oc5ccc6ccccc6c53)c3ccccc3-4)c3ccc4oc5ccccc5c4c3)c2)cc1. The number of hydrogen-bond donors (Lipinski definition) is 0. The highest BCUT2D eigenvalue weighted by atomic mass is 16.5. The average molecular weight is 716 g/mol. The van der Waals surface area contributed by atoms with Crippen LogP contribution in [0.25, 0.3) is 55.0 Å². The van der Waals surface area contributed by atoms with Crippen molar-refractivity contribution in [3.8, 4) is 33.8 Å². The quantitative estimate of drug-likeness (QED) is 0.181. The molecule has 1 aliphatic heterocycles. The zero-order valence-corrected chi connectivity index (χ0v) is 30.3. The van der Waals surface area contributed by atoms with E-state index < -0.39 is 5.41 Å². The molecule has 0 saturated heterocycles. The number of furan rings is 1. The molecule has 1 spiro atoms. The number of anilines is 3. The van der Waals surface area contributed by atoms with E-state index in [4.69, 9.17) is 9.15 Å². The molecule has 0 amide bonds. The Morgan fingerprint density at radius 2 is 1.05 bits per heavy atom. The number of nitrogens with zero attached hydrogens (tertiary/aromatic N) is 1. The summed E-state index contributed by atoms with van der Waals surface area (Å²) in [5.74, 6) is 1.77. The Bertz CT molecular complexity index is 3200. The van der Waals surface area contributed by atoms with Gasteiger partial charge in [0.1, 0.15) is 22.7 Å². The van der Waals surface area contributed by atoms with Crippen LogP contribution in [-0.4, -0.2) is 0 Å².